The molecule has 3 aromatic carbocycles. The molecule has 2 amide bonds. The lowest BCUT2D eigenvalue weighted by Crippen LogP contribution is -2.66. The first-order valence-electron chi connectivity index (χ1n) is 22.3. The molecule has 2 fully saturated rings. The summed E-state index contributed by atoms with van der Waals surface area (Å²) in [4.78, 5) is 33.3. The lowest BCUT2D eigenvalue weighted by Gasteiger charge is -2.44. The Morgan fingerprint density at radius 1 is 0.869 bits per heavy atom. The number of imide groups is 1. The molecule has 0 unspecified atom stereocenters. The Labute approximate surface area is 362 Å². The third-order valence-electron chi connectivity index (χ3n) is 13.3. The highest BCUT2D eigenvalue weighted by Gasteiger charge is 2.57. The molecule has 9 nitrogen and oxygen atoms in total. The second kappa shape index (κ2) is 19.7. The van der Waals surface area contributed by atoms with E-state index in [1.165, 1.54) is 5.56 Å². The molecule has 61 heavy (non-hydrogen) atoms. The molecule has 0 spiro atoms. The number of nitrogens with zero attached hydrogens (tertiary/aromatic N) is 2. The maximum absolute atomic E-state index is 14.7. The van der Waals surface area contributed by atoms with Crippen LogP contribution >= 0.6 is 0 Å². The summed E-state index contributed by atoms with van der Waals surface area (Å²) in [6.07, 6.45) is 5.29. The van der Waals surface area contributed by atoms with Crippen molar-refractivity contribution in [1.29, 1.82) is 0 Å². The summed E-state index contributed by atoms with van der Waals surface area (Å²) < 4.78 is 13.3. The van der Waals surface area contributed by atoms with Crippen molar-refractivity contribution in [3.8, 4) is 0 Å². The van der Waals surface area contributed by atoms with Gasteiger partial charge in [0.25, 0.3) is 8.32 Å². The second-order valence-corrected chi connectivity index (χ2v) is 22.6. The zero-order chi connectivity index (χ0) is 43.1. The van der Waals surface area contributed by atoms with Crippen LogP contribution in [0.1, 0.15) is 89.7 Å². The molecule has 3 N–H and O–H groups in total. The van der Waals surface area contributed by atoms with Gasteiger partial charge in [0.2, 0.25) is 11.8 Å². The van der Waals surface area contributed by atoms with Gasteiger partial charge in [0.1, 0.15) is 18.1 Å². The molecular weight excluding hydrogens is 781 g/mol. The zero-order valence-electron chi connectivity index (χ0n) is 36.3. The van der Waals surface area contributed by atoms with Gasteiger partial charge in [-0.1, -0.05) is 131 Å². The van der Waals surface area contributed by atoms with Crippen LogP contribution in [-0.4, -0.2) is 83.7 Å². The van der Waals surface area contributed by atoms with E-state index in [0.717, 1.165) is 54.0 Å². The van der Waals surface area contributed by atoms with Crippen molar-refractivity contribution in [2.45, 2.75) is 103 Å². The van der Waals surface area contributed by atoms with E-state index in [9.17, 15) is 24.9 Å². The van der Waals surface area contributed by atoms with Crippen LogP contribution in [0.2, 0.25) is 5.04 Å². The molecule has 3 heterocycles. The van der Waals surface area contributed by atoms with Gasteiger partial charge in [-0.15, -0.1) is 0 Å². The first-order valence-corrected chi connectivity index (χ1v) is 24.2. The van der Waals surface area contributed by atoms with Gasteiger partial charge >= 0.3 is 0 Å². The van der Waals surface area contributed by atoms with Crippen LogP contribution in [0.25, 0.3) is 6.08 Å². The zero-order valence-corrected chi connectivity index (χ0v) is 37.3. The van der Waals surface area contributed by atoms with E-state index in [1.807, 2.05) is 42.5 Å². The number of likely N-dealkylation sites (tertiary alicyclic amines) is 2. The van der Waals surface area contributed by atoms with Gasteiger partial charge in [-0.25, -0.2) is 0 Å². The fourth-order valence-corrected chi connectivity index (χ4v) is 15.0. The largest absolute Gasteiger partial charge is 0.459 e. The van der Waals surface area contributed by atoms with Crippen molar-refractivity contribution < 1.29 is 33.8 Å². The van der Waals surface area contributed by atoms with E-state index in [2.05, 4.69) is 93.3 Å². The number of amides is 2. The molecule has 4 atom stereocenters. The minimum absolute atomic E-state index is 0.159. The molecule has 1 aliphatic carbocycles. The van der Waals surface area contributed by atoms with Crippen LogP contribution in [-0.2, 0) is 27.2 Å². The average Bonchev–Trinajstić information content (AvgIpc) is 3.83. The normalized spacial score (nSPS) is 21.3. The van der Waals surface area contributed by atoms with Crippen molar-refractivity contribution in [2.24, 2.45) is 17.8 Å². The van der Waals surface area contributed by atoms with Crippen LogP contribution in [0.15, 0.2) is 124 Å². The number of aliphatic hydroxyl groups is 3. The Morgan fingerprint density at radius 2 is 1.49 bits per heavy atom. The lowest BCUT2D eigenvalue weighted by atomic mass is 9.68. The number of hydrogen-bond acceptors (Lipinski definition) is 8. The van der Waals surface area contributed by atoms with Crippen LogP contribution in [0.4, 0.5) is 0 Å². The van der Waals surface area contributed by atoms with Crippen molar-refractivity contribution in [3.63, 3.8) is 0 Å². The molecule has 1 aromatic heterocycles. The molecule has 2 aliphatic heterocycles. The first kappa shape index (κ1) is 44.6. The number of piperidine rings is 1. The number of rotatable bonds is 17. The number of aliphatic hydroxyl groups excluding tert-OH is 3. The number of allylic oxidation sites excluding steroid dienone is 1. The smallest absolute Gasteiger partial charge is 0.261 e. The SMILES string of the molecule is CCC/C(=C\c1ccc(CO)o1)CC[C@@H](O)C1=C(CO[Si](c2ccccc2)(c2ccccc2)C(C)(C)C)C[C@H]2C(=O)N(C3CCN(Cc4ccccc4)CC3)C(=O)[C@H]2[C@H]1CO. The van der Waals surface area contributed by atoms with E-state index in [1.54, 1.807) is 11.0 Å². The molecular formula is C51H64N2O7Si. The van der Waals surface area contributed by atoms with Crippen molar-refractivity contribution >= 4 is 36.6 Å². The van der Waals surface area contributed by atoms with Crippen molar-refractivity contribution in [3.05, 3.63) is 137 Å². The minimum atomic E-state index is -3.04. The predicted molar refractivity (Wildman–Crippen MR) is 242 cm³/mol. The lowest BCUT2D eigenvalue weighted by molar-refractivity contribution is -0.144. The molecule has 2 saturated heterocycles. The molecule has 0 bridgehead atoms. The Morgan fingerprint density at radius 3 is 2.05 bits per heavy atom. The van der Waals surface area contributed by atoms with Crippen LogP contribution in [0.3, 0.4) is 0 Å². The van der Waals surface area contributed by atoms with Gasteiger partial charge in [0, 0.05) is 31.6 Å². The van der Waals surface area contributed by atoms with Crippen LogP contribution in [0.5, 0.6) is 0 Å². The highest BCUT2D eigenvalue weighted by atomic mass is 28.4. The second-order valence-electron chi connectivity index (χ2n) is 18.2. The summed E-state index contributed by atoms with van der Waals surface area (Å²) in [7, 11) is -3.04. The third-order valence-corrected chi connectivity index (χ3v) is 18.3. The Balaban J connectivity index is 1.22. The number of benzene rings is 3. The topological polar surface area (TPSA) is 124 Å². The van der Waals surface area contributed by atoms with Crippen molar-refractivity contribution in [2.75, 3.05) is 26.3 Å². The van der Waals surface area contributed by atoms with Gasteiger partial charge in [-0.05, 0) is 88.9 Å². The van der Waals surface area contributed by atoms with E-state index >= 15 is 0 Å². The number of carbonyl (C=O) groups is 2. The van der Waals surface area contributed by atoms with E-state index in [4.69, 9.17) is 8.84 Å². The molecule has 10 heteroatoms. The number of furan rings is 1. The van der Waals surface area contributed by atoms with Gasteiger partial charge in [0.05, 0.1) is 31.2 Å². The quantitative estimate of drug-likeness (QED) is 0.0578. The highest BCUT2D eigenvalue weighted by molar-refractivity contribution is 6.99. The van der Waals surface area contributed by atoms with Crippen molar-refractivity contribution in [1.82, 2.24) is 9.80 Å². The summed E-state index contributed by atoms with van der Waals surface area (Å²) in [5.41, 5.74) is 3.78. The molecule has 0 radical (unpaired) electrons. The summed E-state index contributed by atoms with van der Waals surface area (Å²) >= 11 is 0. The number of carbonyl (C=O) groups excluding carboxylic acids is 2. The molecule has 4 aromatic rings. The fourth-order valence-electron chi connectivity index (χ4n) is 10.4. The summed E-state index contributed by atoms with van der Waals surface area (Å²) in [6.45, 7) is 10.8. The summed E-state index contributed by atoms with van der Waals surface area (Å²) in [5.74, 6) is -1.39. The average molecular weight is 845 g/mol. The maximum Gasteiger partial charge on any atom is 0.261 e. The van der Waals surface area contributed by atoms with E-state index in [0.29, 0.717) is 42.8 Å². The first-order chi connectivity index (χ1) is 29.5. The third kappa shape index (κ3) is 9.50. The van der Waals surface area contributed by atoms with Gasteiger partial charge in [-0.2, -0.15) is 0 Å². The number of fused-ring (bicyclic) bond motifs is 1. The van der Waals surface area contributed by atoms with Crippen LogP contribution < -0.4 is 10.4 Å². The monoisotopic (exact) mass is 844 g/mol. The minimum Gasteiger partial charge on any atom is -0.459 e. The number of hydrogen-bond donors (Lipinski definition) is 3. The Bertz CT molecular complexity index is 2100. The fraction of sp³-hybridized carbons (Fsp3) is 0.451. The molecule has 7 rings (SSSR count). The van der Waals surface area contributed by atoms with Gasteiger partial charge in [0.15, 0.2) is 0 Å². The Hall–Kier alpha value is -4.42. The van der Waals surface area contributed by atoms with E-state index in [-0.39, 0.29) is 49.1 Å². The van der Waals surface area contributed by atoms with Crippen LogP contribution in [0, 0.1) is 17.8 Å². The summed E-state index contributed by atoms with van der Waals surface area (Å²) in [6, 6.07) is 34.6. The Kier molecular flexibility index (Phi) is 14.4. The van der Waals surface area contributed by atoms with Gasteiger partial charge < -0.3 is 24.2 Å². The standard InChI is InChI=1S/C51H64N2O7Si/c1-5-15-36(30-40-23-24-41(33-54)60-40)22-25-46(56)47-38(35-59-61(51(2,3)4,42-18-11-7-12-19-42)43-20-13-8-14-21-43)31-44-48(45(47)34-55)50(58)53(49(44)57)39-26-28-52(29-27-39)32-37-16-9-6-10-17-37/h6-14,16-21,23-24,30,39,44-46,48,54-56H,5,15,22,25-29,31-35H2,1-4H3/b36-30+/t44-,45+,46-,48-/m1/s1. The van der Waals surface area contributed by atoms with Gasteiger partial charge in [-0.3, -0.25) is 19.4 Å². The summed E-state index contributed by atoms with van der Waals surface area (Å²) in [5, 5.41) is 35.3. The van der Waals surface area contributed by atoms with E-state index < -0.39 is 32.2 Å². The molecule has 0 saturated carbocycles. The maximum atomic E-state index is 14.7. The molecule has 324 valence electrons. The molecule has 3 aliphatic rings. The highest BCUT2D eigenvalue weighted by Crippen LogP contribution is 2.48. The predicted octanol–water partition coefficient (Wildman–Crippen LogP) is 7.25.